The zero-order chi connectivity index (χ0) is 26.1. The summed E-state index contributed by atoms with van der Waals surface area (Å²) in [5, 5.41) is 0. The van der Waals surface area contributed by atoms with Gasteiger partial charge in [-0.2, -0.15) is 23.1 Å². The summed E-state index contributed by atoms with van der Waals surface area (Å²) in [6, 6.07) is 0. The second-order valence-electron chi connectivity index (χ2n) is 7.94. The number of aromatic nitrogens is 4. The fourth-order valence-electron chi connectivity index (χ4n) is 4.07. The van der Waals surface area contributed by atoms with E-state index in [2.05, 4.69) is 9.97 Å². The molecule has 3 rings (SSSR count). The third-order valence-electron chi connectivity index (χ3n) is 5.40. The molecule has 1 aliphatic rings. The molecule has 1 aliphatic heterocycles. The zero-order valence-electron chi connectivity index (χ0n) is 19.5. The van der Waals surface area contributed by atoms with Gasteiger partial charge in [-0.1, -0.05) is 6.92 Å². The van der Waals surface area contributed by atoms with Crippen molar-refractivity contribution in [2.45, 2.75) is 77.3 Å². The quantitative estimate of drug-likeness (QED) is 0.525. The molecular formula is C20H26F3N5O7. The number of imidazole rings is 1. The van der Waals surface area contributed by atoms with E-state index in [1.54, 1.807) is 6.92 Å². The van der Waals surface area contributed by atoms with E-state index in [1.807, 2.05) is 0 Å². The van der Waals surface area contributed by atoms with Gasteiger partial charge in [-0.15, -0.1) is 0 Å². The lowest BCUT2D eigenvalue weighted by Crippen LogP contribution is -2.34. The summed E-state index contributed by atoms with van der Waals surface area (Å²) in [7, 11) is 1.21. The Morgan fingerprint density at radius 3 is 2.49 bits per heavy atom. The molecule has 12 nitrogen and oxygen atoms in total. The smallest absolute Gasteiger partial charge is 0.390 e. The van der Waals surface area contributed by atoms with Crippen LogP contribution in [0.3, 0.4) is 0 Å². The Morgan fingerprint density at radius 2 is 1.94 bits per heavy atom. The fourth-order valence-corrected chi connectivity index (χ4v) is 4.07. The third-order valence-corrected chi connectivity index (χ3v) is 5.40. The maximum absolute atomic E-state index is 13.4. The summed E-state index contributed by atoms with van der Waals surface area (Å²) in [5.41, 5.74) is 4.53. The van der Waals surface area contributed by atoms with Crippen molar-refractivity contribution in [2.24, 2.45) is 0 Å². The van der Waals surface area contributed by atoms with E-state index in [0.717, 1.165) is 16.1 Å². The SMILES string of the molecule is CCC(OC(C)=O)[C@@H]1C[C@@H](OC(C)=O)[C@H](n2c(=O)n(CCC(F)(F)F)c3c(OC)nc(N)nc32)O1. The average molecular weight is 505 g/mol. The number of nitrogen functional groups attached to an aromatic ring is 1. The van der Waals surface area contributed by atoms with E-state index in [4.69, 9.17) is 24.7 Å². The first-order valence-electron chi connectivity index (χ1n) is 10.7. The summed E-state index contributed by atoms with van der Waals surface area (Å²) in [6.07, 6.45) is -9.30. The molecule has 0 radical (unpaired) electrons. The van der Waals surface area contributed by atoms with Crippen LogP contribution < -0.4 is 16.2 Å². The molecule has 0 amide bonds. The van der Waals surface area contributed by atoms with E-state index in [0.29, 0.717) is 6.42 Å². The summed E-state index contributed by atoms with van der Waals surface area (Å²) in [6.45, 7) is 3.38. The molecule has 0 aliphatic carbocycles. The number of nitrogens with two attached hydrogens (primary N) is 1. The van der Waals surface area contributed by atoms with Crippen molar-refractivity contribution in [3.8, 4) is 5.88 Å². The van der Waals surface area contributed by atoms with E-state index in [9.17, 15) is 27.6 Å². The van der Waals surface area contributed by atoms with Crippen LogP contribution in [0.15, 0.2) is 4.79 Å². The van der Waals surface area contributed by atoms with Crippen LogP contribution in [0.5, 0.6) is 5.88 Å². The fraction of sp³-hybridized carbons (Fsp3) is 0.650. The predicted molar refractivity (Wildman–Crippen MR) is 113 cm³/mol. The minimum absolute atomic E-state index is 0.0510. The van der Waals surface area contributed by atoms with Gasteiger partial charge in [0.25, 0.3) is 0 Å². The highest BCUT2D eigenvalue weighted by Gasteiger charge is 2.45. The topological polar surface area (TPSA) is 150 Å². The summed E-state index contributed by atoms with van der Waals surface area (Å²) in [5.74, 6) is -1.75. The molecule has 1 fully saturated rings. The summed E-state index contributed by atoms with van der Waals surface area (Å²) < 4.78 is 62.5. The van der Waals surface area contributed by atoms with Crippen molar-refractivity contribution < 1.29 is 41.7 Å². The number of anilines is 1. The number of fused-ring (bicyclic) bond motifs is 1. The van der Waals surface area contributed by atoms with Crippen molar-refractivity contribution in [3.63, 3.8) is 0 Å². The van der Waals surface area contributed by atoms with Crippen LogP contribution in [-0.4, -0.2) is 62.6 Å². The molecular weight excluding hydrogens is 479 g/mol. The maximum Gasteiger partial charge on any atom is 0.390 e. The van der Waals surface area contributed by atoms with Gasteiger partial charge in [-0.3, -0.25) is 14.2 Å². The number of carbonyl (C=O) groups is 2. The number of esters is 2. The Labute approximate surface area is 197 Å². The first-order valence-corrected chi connectivity index (χ1v) is 10.7. The van der Waals surface area contributed by atoms with Gasteiger partial charge in [0.05, 0.1) is 13.5 Å². The van der Waals surface area contributed by atoms with Gasteiger partial charge in [0.1, 0.15) is 18.3 Å². The second kappa shape index (κ2) is 10.1. The monoisotopic (exact) mass is 505 g/mol. The highest BCUT2D eigenvalue weighted by atomic mass is 19.4. The average Bonchev–Trinajstić information content (AvgIpc) is 3.26. The second-order valence-corrected chi connectivity index (χ2v) is 7.94. The summed E-state index contributed by atoms with van der Waals surface area (Å²) >= 11 is 0. The molecule has 35 heavy (non-hydrogen) atoms. The minimum atomic E-state index is -4.55. The molecule has 3 heterocycles. The van der Waals surface area contributed by atoms with Crippen LogP contribution in [0.4, 0.5) is 19.1 Å². The van der Waals surface area contributed by atoms with Crippen molar-refractivity contribution in [3.05, 3.63) is 10.5 Å². The van der Waals surface area contributed by atoms with Crippen LogP contribution in [0.2, 0.25) is 0 Å². The van der Waals surface area contributed by atoms with Crippen molar-refractivity contribution >= 4 is 29.1 Å². The van der Waals surface area contributed by atoms with Crippen molar-refractivity contribution in [1.29, 1.82) is 0 Å². The molecule has 15 heteroatoms. The first-order chi connectivity index (χ1) is 16.4. The van der Waals surface area contributed by atoms with Crippen LogP contribution in [0.1, 0.15) is 46.3 Å². The summed E-state index contributed by atoms with van der Waals surface area (Å²) in [4.78, 5) is 44.6. The molecule has 2 N–H and O–H groups in total. The number of methoxy groups -OCH3 is 1. The van der Waals surface area contributed by atoms with Crippen LogP contribution in [0, 0.1) is 0 Å². The molecule has 194 valence electrons. The third kappa shape index (κ3) is 5.66. The Hall–Kier alpha value is -3.36. The minimum Gasteiger partial charge on any atom is -0.479 e. The van der Waals surface area contributed by atoms with Crippen LogP contribution in [0.25, 0.3) is 11.2 Å². The van der Waals surface area contributed by atoms with Gasteiger partial charge in [0.2, 0.25) is 11.8 Å². The van der Waals surface area contributed by atoms with Gasteiger partial charge in [0.15, 0.2) is 17.4 Å². The predicted octanol–water partition coefficient (Wildman–Crippen LogP) is 1.70. The standard InChI is InChI=1S/C20H26F3N5O7/c1-5-11(33-9(2)29)12-8-13(34-10(3)30)17(35-12)28-15-14(16(32-4)26-18(24)25-15)27(19(28)31)7-6-20(21,22)23/h11-13,17H,5-8H2,1-4H3,(H2,24,25,26)/t11?,12-,13+,17+/m0/s1. The number of rotatable bonds is 8. The molecule has 1 unspecified atom stereocenters. The number of halogens is 3. The molecule has 0 saturated carbocycles. The van der Waals surface area contributed by atoms with Gasteiger partial charge in [-0.25, -0.2) is 9.36 Å². The van der Waals surface area contributed by atoms with E-state index < -0.39 is 61.3 Å². The number of carbonyl (C=O) groups excluding carboxylic acids is 2. The molecule has 0 aromatic carbocycles. The number of hydrogen-bond acceptors (Lipinski definition) is 10. The van der Waals surface area contributed by atoms with E-state index in [1.165, 1.54) is 14.0 Å². The zero-order valence-corrected chi connectivity index (χ0v) is 19.5. The van der Waals surface area contributed by atoms with Gasteiger partial charge in [0, 0.05) is 26.8 Å². The molecule has 0 spiro atoms. The van der Waals surface area contributed by atoms with Gasteiger partial charge >= 0.3 is 23.8 Å². The normalized spacial score (nSPS) is 21.2. The number of ether oxygens (including phenoxy) is 4. The van der Waals surface area contributed by atoms with E-state index in [-0.39, 0.29) is 29.4 Å². The van der Waals surface area contributed by atoms with Gasteiger partial charge in [-0.05, 0) is 6.42 Å². The number of alkyl halides is 3. The Kier molecular flexibility index (Phi) is 7.57. The highest BCUT2D eigenvalue weighted by Crippen LogP contribution is 2.37. The van der Waals surface area contributed by atoms with Crippen LogP contribution in [-0.2, 0) is 30.3 Å². The number of nitrogens with zero attached hydrogens (tertiary/aromatic N) is 4. The molecule has 2 aromatic heterocycles. The first kappa shape index (κ1) is 26.2. The lowest BCUT2D eigenvalue weighted by Gasteiger charge is -2.22. The van der Waals surface area contributed by atoms with Crippen molar-refractivity contribution in [2.75, 3.05) is 12.8 Å². The lowest BCUT2D eigenvalue weighted by molar-refractivity contribution is -0.158. The van der Waals surface area contributed by atoms with Crippen molar-refractivity contribution in [1.82, 2.24) is 19.1 Å². The maximum atomic E-state index is 13.4. The Bertz CT molecular complexity index is 1160. The lowest BCUT2D eigenvalue weighted by atomic mass is 10.1. The largest absolute Gasteiger partial charge is 0.479 e. The molecule has 0 bridgehead atoms. The number of hydrogen-bond donors (Lipinski definition) is 1. The molecule has 4 atom stereocenters. The molecule has 2 aromatic rings. The number of aryl methyl sites for hydroxylation is 1. The molecule has 1 saturated heterocycles. The Morgan fingerprint density at radius 1 is 1.26 bits per heavy atom. The van der Waals surface area contributed by atoms with Crippen LogP contribution >= 0.6 is 0 Å². The Balaban J connectivity index is 2.17. The van der Waals surface area contributed by atoms with Gasteiger partial charge < -0.3 is 24.7 Å². The van der Waals surface area contributed by atoms with E-state index >= 15 is 0 Å². The highest BCUT2D eigenvalue weighted by molar-refractivity contribution is 5.78.